The molecule has 18 heavy (non-hydrogen) atoms. The number of aliphatic hydroxyl groups is 1. The fraction of sp³-hybridized carbons (Fsp3) is 0.417. The highest BCUT2D eigenvalue weighted by Gasteiger charge is 2.08. The predicted octanol–water partition coefficient (Wildman–Crippen LogP) is 3.29. The zero-order valence-corrected chi connectivity index (χ0v) is 12.3. The molecule has 0 aliphatic rings. The molecule has 0 bridgehead atoms. The van der Waals surface area contributed by atoms with Crippen LogP contribution in [0.3, 0.4) is 0 Å². The van der Waals surface area contributed by atoms with Crippen LogP contribution in [0.25, 0.3) is 0 Å². The first-order chi connectivity index (χ1) is 8.52. The summed E-state index contributed by atoms with van der Waals surface area (Å²) in [6, 6.07) is 4.92. The van der Waals surface area contributed by atoms with Crippen LogP contribution in [0.2, 0.25) is 10.0 Å². The van der Waals surface area contributed by atoms with E-state index in [4.69, 9.17) is 28.3 Å². The second-order valence-corrected chi connectivity index (χ2v) is 5.85. The first-order valence-electron chi connectivity index (χ1n) is 5.46. The van der Waals surface area contributed by atoms with Crippen LogP contribution in [0.4, 0.5) is 5.69 Å². The molecule has 2 N–H and O–H groups in total. The van der Waals surface area contributed by atoms with Crippen molar-refractivity contribution in [3.8, 4) is 0 Å². The smallest absolute Gasteiger partial charge is 0.234 e. The fourth-order valence-electron chi connectivity index (χ4n) is 1.19. The number of amides is 1. The van der Waals surface area contributed by atoms with E-state index in [-0.39, 0.29) is 18.4 Å². The summed E-state index contributed by atoms with van der Waals surface area (Å²) >= 11 is 13.2. The molecule has 1 atom stereocenters. The summed E-state index contributed by atoms with van der Waals surface area (Å²) in [5.74, 6) is 1.13. The molecule has 6 heteroatoms. The highest BCUT2D eigenvalue weighted by Crippen LogP contribution is 2.25. The average molecular weight is 308 g/mol. The largest absolute Gasteiger partial charge is 0.396 e. The Labute approximate surface area is 121 Å². The quantitative estimate of drug-likeness (QED) is 0.848. The summed E-state index contributed by atoms with van der Waals surface area (Å²) < 4.78 is 0. The Kier molecular flexibility index (Phi) is 6.86. The van der Waals surface area contributed by atoms with Crippen LogP contribution in [0, 0.1) is 5.92 Å². The second kappa shape index (κ2) is 7.89. The first kappa shape index (κ1) is 15.6. The third-order valence-electron chi connectivity index (χ3n) is 2.15. The molecule has 0 heterocycles. The van der Waals surface area contributed by atoms with Gasteiger partial charge in [0.1, 0.15) is 0 Å². The van der Waals surface area contributed by atoms with Crippen molar-refractivity contribution in [2.75, 3.05) is 23.4 Å². The Morgan fingerprint density at radius 1 is 1.50 bits per heavy atom. The third-order valence-corrected chi connectivity index (χ3v) is 3.99. The van der Waals surface area contributed by atoms with Crippen LogP contribution in [-0.4, -0.2) is 29.1 Å². The lowest BCUT2D eigenvalue weighted by Gasteiger charge is -2.09. The zero-order chi connectivity index (χ0) is 13.5. The van der Waals surface area contributed by atoms with Gasteiger partial charge in [0, 0.05) is 11.6 Å². The molecule has 3 nitrogen and oxygen atoms in total. The fourth-order valence-corrected chi connectivity index (χ4v) is 2.41. The summed E-state index contributed by atoms with van der Waals surface area (Å²) in [6.07, 6.45) is 0. The van der Waals surface area contributed by atoms with E-state index in [2.05, 4.69) is 5.32 Å². The number of anilines is 1. The second-order valence-electron chi connectivity index (χ2n) is 3.98. The van der Waals surface area contributed by atoms with E-state index in [0.29, 0.717) is 21.5 Å². The number of hydrogen-bond donors (Lipinski definition) is 2. The Morgan fingerprint density at radius 2 is 2.22 bits per heavy atom. The number of hydrogen-bond acceptors (Lipinski definition) is 3. The lowest BCUT2D eigenvalue weighted by atomic mass is 10.2. The van der Waals surface area contributed by atoms with Gasteiger partial charge in [-0.05, 0) is 29.9 Å². The van der Waals surface area contributed by atoms with Crippen LogP contribution in [0.5, 0.6) is 0 Å². The van der Waals surface area contributed by atoms with Crippen LogP contribution < -0.4 is 5.32 Å². The van der Waals surface area contributed by atoms with Gasteiger partial charge in [-0.2, -0.15) is 11.8 Å². The van der Waals surface area contributed by atoms with Gasteiger partial charge in [-0.25, -0.2) is 0 Å². The number of thioether (sulfide) groups is 1. The molecule has 0 radical (unpaired) electrons. The summed E-state index contributed by atoms with van der Waals surface area (Å²) in [7, 11) is 0. The summed E-state index contributed by atoms with van der Waals surface area (Å²) in [6.45, 7) is 2.06. The van der Waals surface area contributed by atoms with Gasteiger partial charge >= 0.3 is 0 Å². The van der Waals surface area contributed by atoms with Crippen LogP contribution >= 0.6 is 35.0 Å². The lowest BCUT2D eigenvalue weighted by Crippen LogP contribution is -2.16. The van der Waals surface area contributed by atoms with Crippen molar-refractivity contribution < 1.29 is 9.90 Å². The molecule has 1 amide bonds. The molecule has 0 aliphatic carbocycles. The van der Waals surface area contributed by atoms with Crippen LogP contribution in [0.1, 0.15) is 6.92 Å². The number of carbonyl (C=O) groups excluding carboxylic acids is 1. The minimum Gasteiger partial charge on any atom is -0.396 e. The molecule has 0 aliphatic heterocycles. The monoisotopic (exact) mass is 307 g/mol. The van der Waals surface area contributed by atoms with Crippen LogP contribution in [-0.2, 0) is 4.79 Å². The topological polar surface area (TPSA) is 49.3 Å². The van der Waals surface area contributed by atoms with Gasteiger partial charge in [0.15, 0.2) is 0 Å². The Balaban J connectivity index is 2.42. The number of halogens is 2. The molecular weight excluding hydrogens is 293 g/mol. The number of nitrogens with one attached hydrogen (secondary N) is 1. The minimum atomic E-state index is -0.130. The number of rotatable bonds is 6. The first-order valence-corrected chi connectivity index (χ1v) is 7.37. The van der Waals surface area contributed by atoms with E-state index < -0.39 is 0 Å². The minimum absolute atomic E-state index is 0.130. The van der Waals surface area contributed by atoms with Gasteiger partial charge in [0.2, 0.25) is 5.91 Å². The SMILES string of the molecule is CC(CO)CSCC(=O)Nc1cc(Cl)ccc1Cl. The molecule has 0 fully saturated rings. The summed E-state index contributed by atoms with van der Waals surface area (Å²) in [4.78, 5) is 11.6. The maximum atomic E-state index is 11.6. The molecular formula is C12H15Cl2NO2S. The molecule has 0 saturated heterocycles. The Hall–Kier alpha value is -0.420. The van der Waals surface area contributed by atoms with Gasteiger partial charge in [-0.15, -0.1) is 0 Å². The Morgan fingerprint density at radius 3 is 2.89 bits per heavy atom. The molecule has 0 saturated carbocycles. The van der Waals surface area contributed by atoms with E-state index in [1.54, 1.807) is 18.2 Å². The maximum absolute atomic E-state index is 11.6. The van der Waals surface area contributed by atoms with Crippen molar-refractivity contribution in [1.82, 2.24) is 0 Å². The van der Waals surface area contributed by atoms with Gasteiger partial charge in [-0.1, -0.05) is 30.1 Å². The summed E-state index contributed by atoms with van der Waals surface area (Å²) in [5.41, 5.74) is 0.518. The van der Waals surface area contributed by atoms with Crippen molar-refractivity contribution in [1.29, 1.82) is 0 Å². The normalized spacial score (nSPS) is 12.2. The van der Waals surface area contributed by atoms with E-state index in [0.717, 1.165) is 5.75 Å². The van der Waals surface area contributed by atoms with E-state index in [9.17, 15) is 4.79 Å². The molecule has 1 unspecified atom stereocenters. The van der Waals surface area contributed by atoms with Gasteiger partial charge in [-0.3, -0.25) is 4.79 Å². The predicted molar refractivity (Wildman–Crippen MR) is 78.7 cm³/mol. The van der Waals surface area contributed by atoms with E-state index >= 15 is 0 Å². The third kappa shape index (κ3) is 5.48. The molecule has 0 spiro atoms. The molecule has 1 rings (SSSR count). The average Bonchev–Trinajstić information content (AvgIpc) is 2.33. The van der Waals surface area contributed by atoms with Gasteiger partial charge in [0.25, 0.3) is 0 Å². The lowest BCUT2D eigenvalue weighted by molar-refractivity contribution is -0.113. The standard InChI is InChI=1S/C12H15Cl2NO2S/c1-8(5-16)6-18-7-12(17)15-11-4-9(13)2-3-10(11)14/h2-4,8,16H,5-7H2,1H3,(H,15,17). The zero-order valence-electron chi connectivity index (χ0n) is 9.95. The maximum Gasteiger partial charge on any atom is 0.234 e. The molecule has 1 aromatic carbocycles. The van der Waals surface area contributed by atoms with Crippen LogP contribution in [0.15, 0.2) is 18.2 Å². The summed E-state index contributed by atoms with van der Waals surface area (Å²) in [5, 5.41) is 12.5. The van der Waals surface area contributed by atoms with Crippen molar-refractivity contribution >= 4 is 46.6 Å². The van der Waals surface area contributed by atoms with E-state index in [1.807, 2.05) is 6.92 Å². The van der Waals surface area contributed by atoms with Crippen molar-refractivity contribution in [3.05, 3.63) is 28.2 Å². The van der Waals surface area contributed by atoms with Gasteiger partial charge in [0.05, 0.1) is 16.5 Å². The van der Waals surface area contributed by atoms with E-state index in [1.165, 1.54) is 11.8 Å². The molecule has 100 valence electrons. The highest BCUT2D eigenvalue weighted by molar-refractivity contribution is 7.99. The Bertz CT molecular complexity index is 415. The number of benzene rings is 1. The number of aliphatic hydroxyl groups excluding tert-OH is 1. The van der Waals surface area contributed by atoms with Crippen molar-refractivity contribution in [2.45, 2.75) is 6.92 Å². The number of carbonyl (C=O) groups is 1. The van der Waals surface area contributed by atoms with Gasteiger partial charge < -0.3 is 10.4 Å². The molecule has 0 aromatic heterocycles. The highest BCUT2D eigenvalue weighted by atomic mass is 35.5. The van der Waals surface area contributed by atoms with Crippen molar-refractivity contribution in [3.63, 3.8) is 0 Å². The molecule has 1 aromatic rings. The van der Waals surface area contributed by atoms with Crippen molar-refractivity contribution in [2.24, 2.45) is 5.92 Å².